The molecular formula is C5H7BN2. The number of rotatable bonds is 1. The van der Waals surface area contributed by atoms with Crippen LogP contribution in [0.2, 0.25) is 0 Å². The summed E-state index contributed by atoms with van der Waals surface area (Å²) in [5.74, 6) is 0. The Balaban J connectivity index is 2.83. The van der Waals surface area contributed by atoms with Crippen molar-refractivity contribution in [2.24, 2.45) is 0 Å². The molecule has 3 heteroatoms. The zero-order chi connectivity index (χ0) is 5.82. The summed E-state index contributed by atoms with van der Waals surface area (Å²) >= 11 is 0. The summed E-state index contributed by atoms with van der Waals surface area (Å²) in [7, 11) is 2.06. The smallest absolute Gasteiger partial charge is 0.109 e. The fourth-order valence-corrected chi connectivity index (χ4v) is 0.522. The molecule has 0 bridgehead atoms. The number of aromatic nitrogens is 2. The molecule has 0 saturated heterocycles. The van der Waals surface area contributed by atoms with Gasteiger partial charge in [-0.25, -0.2) is 0 Å². The molecule has 0 aliphatic rings. The minimum absolute atomic E-state index is 0.966. The van der Waals surface area contributed by atoms with Gasteiger partial charge in [-0.05, 0) is 18.5 Å². The van der Waals surface area contributed by atoms with Crippen molar-refractivity contribution in [2.45, 2.75) is 6.32 Å². The van der Waals surface area contributed by atoms with Crippen LogP contribution < -0.4 is 0 Å². The summed E-state index contributed by atoms with van der Waals surface area (Å²) < 4.78 is 0. The third-order valence-corrected chi connectivity index (χ3v) is 0.990. The van der Waals surface area contributed by atoms with Crippen molar-refractivity contribution in [2.75, 3.05) is 0 Å². The Morgan fingerprint density at radius 1 is 1.62 bits per heavy atom. The predicted molar refractivity (Wildman–Crippen MR) is 34.3 cm³/mol. The zero-order valence-electron chi connectivity index (χ0n) is 4.83. The second-order valence-electron chi connectivity index (χ2n) is 1.57. The summed E-state index contributed by atoms with van der Waals surface area (Å²) in [6.45, 7) is 0. The molecule has 0 N–H and O–H groups in total. The van der Waals surface area contributed by atoms with Crippen molar-refractivity contribution in [1.29, 1.82) is 0 Å². The molecule has 1 aromatic heterocycles. The molecule has 1 heterocycles. The van der Waals surface area contributed by atoms with E-state index in [0.717, 1.165) is 12.0 Å². The highest BCUT2D eigenvalue weighted by Crippen LogP contribution is 1.86. The van der Waals surface area contributed by atoms with E-state index in [0.29, 0.717) is 0 Å². The van der Waals surface area contributed by atoms with E-state index < -0.39 is 0 Å². The van der Waals surface area contributed by atoms with Crippen LogP contribution in [0.1, 0.15) is 5.69 Å². The van der Waals surface area contributed by atoms with Gasteiger partial charge in [0.25, 0.3) is 0 Å². The molecule has 40 valence electrons. The molecule has 0 spiro atoms. The molecule has 8 heavy (non-hydrogen) atoms. The lowest BCUT2D eigenvalue weighted by molar-refractivity contribution is 0.969. The maximum Gasteiger partial charge on any atom is 0.109 e. The molecule has 0 aliphatic carbocycles. The van der Waals surface area contributed by atoms with Gasteiger partial charge < -0.3 is 0 Å². The first kappa shape index (κ1) is 5.28. The molecule has 0 fully saturated rings. The molecule has 2 nitrogen and oxygen atoms in total. The molecule has 1 aromatic rings. The Labute approximate surface area is 49.4 Å². The molecule has 0 radical (unpaired) electrons. The molecule has 0 aliphatic heterocycles. The summed E-state index contributed by atoms with van der Waals surface area (Å²) in [6, 6.07) is 3.86. The SMILES string of the molecule is BCc1cccnn1. The Hall–Kier alpha value is -0.855. The number of hydrogen-bond donors (Lipinski definition) is 0. The van der Waals surface area contributed by atoms with E-state index in [1.165, 1.54) is 0 Å². The van der Waals surface area contributed by atoms with Crippen molar-refractivity contribution >= 4 is 7.85 Å². The number of hydrogen-bond acceptors (Lipinski definition) is 2. The lowest BCUT2D eigenvalue weighted by atomic mass is 10.0. The third kappa shape index (κ3) is 1.06. The average Bonchev–Trinajstić information content (AvgIpc) is 1.90. The maximum atomic E-state index is 3.85. The van der Waals surface area contributed by atoms with Crippen LogP contribution in [0.15, 0.2) is 18.3 Å². The van der Waals surface area contributed by atoms with Crippen molar-refractivity contribution in [3.8, 4) is 0 Å². The van der Waals surface area contributed by atoms with E-state index >= 15 is 0 Å². The largest absolute Gasteiger partial charge is 0.159 e. The normalized spacial score (nSPS) is 9.00. The molecule has 0 atom stereocenters. The van der Waals surface area contributed by atoms with Crippen LogP contribution in [-0.4, -0.2) is 18.0 Å². The van der Waals surface area contributed by atoms with E-state index in [4.69, 9.17) is 0 Å². The molecule has 0 aromatic carbocycles. The summed E-state index contributed by atoms with van der Waals surface area (Å²) in [6.07, 6.45) is 2.65. The van der Waals surface area contributed by atoms with Crippen LogP contribution in [0.4, 0.5) is 0 Å². The Bertz CT molecular complexity index is 152. The van der Waals surface area contributed by atoms with Gasteiger partial charge in [-0.1, -0.05) is 0 Å². The quantitative estimate of drug-likeness (QED) is 0.455. The first-order chi connectivity index (χ1) is 3.93. The van der Waals surface area contributed by atoms with Crippen molar-refractivity contribution in [1.82, 2.24) is 10.2 Å². The minimum Gasteiger partial charge on any atom is -0.159 e. The lowest BCUT2D eigenvalue weighted by Crippen LogP contribution is -1.89. The van der Waals surface area contributed by atoms with Gasteiger partial charge in [-0.3, -0.25) is 0 Å². The molecule has 1 rings (SSSR count). The van der Waals surface area contributed by atoms with Crippen LogP contribution in [0.5, 0.6) is 0 Å². The molecular weight excluding hydrogens is 98.9 g/mol. The van der Waals surface area contributed by atoms with Crippen LogP contribution in [0, 0.1) is 0 Å². The summed E-state index contributed by atoms with van der Waals surface area (Å²) in [5, 5.41) is 7.55. The summed E-state index contributed by atoms with van der Waals surface area (Å²) in [5.41, 5.74) is 1.05. The van der Waals surface area contributed by atoms with Gasteiger partial charge in [0.15, 0.2) is 0 Å². The molecule has 0 unspecified atom stereocenters. The third-order valence-electron chi connectivity index (χ3n) is 0.990. The van der Waals surface area contributed by atoms with Crippen LogP contribution in [-0.2, 0) is 6.32 Å². The monoisotopic (exact) mass is 106 g/mol. The Morgan fingerprint density at radius 3 is 2.88 bits per heavy atom. The topological polar surface area (TPSA) is 25.8 Å². The zero-order valence-corrected chi connectivity index (χ0v) is 4.83. The predicted octanol–water partition coefficient (Wildman–Crippen LogP) is -0.390. The fraction of sp³-hybridized carbons (Fsp3) is 0.200. The van der Waals surface area contributed by atoms with Gasteiger partial charge in [0, 0.05) is 6.20 Å². The van der Waals surface area contributed by atoms with E-state index in [-0.39, 0.29) is 0 Å². The van der Waals surface area contributed by atoms with Gasteiger partial charge >= 0.3 is 0 Å². The highest BCUT2D eigenvalue weighted by molar-refractivity contribution is 6.08. The highest BCUT2D eigenvalue weighted by Gasteiger charge is 1.83. The highest BCUT2D eigenvalue weighted by atomic mass is 15.1. The van der Waals surface area contributed by atoms with Gasteiger partial charge in [0.05, 0.1) is 5.69 Å². The lowest BCUT2D eigenvalue weighted by Gasteiger charge is -1.87. The Kier molecular flexibility index (Phi) is 1.62. The van der Waals surface area contributed by atoms with Crippen LogP contribution >= 0.6 is 0 Å². The first-order valence-corrected chi connectivity index (χ1v) is 2.70. The van der Waals surface area contributed by atoms with Crippen LogP contribution in [0.3, 0.4) is 0 Å². The van der Waals surface area contributed by atoms with Gasteiger partial charge in [-0.15, -0.1) is 0 Å². The maximum absolute atomic E-state index is 3.85. The van der Waals surface area contributed by atoms with E-state index in [9.17, 15) is 0 Å². The van der Waals surface area contributed by atoms with Crippen molar-refractivity contribution < 1.29 is 0 Å². The Morgan fingerprint density at radius 2 is 2.50 bits per heavy atom. The van der Waals surface area contributed by atoms with Crippen molar-refractivity contribution in [3.05, 3.63) is 24.0 Å². The van der Waals surface area contributed by atoms with Gasteiger partial charge in [0.2, 0.25) is 0 Å². The fourth-order valence-electron chi connectivity index (χ4n) is 0.522. The van der Waals surface area contributed by atoms with Gasteiger partial charge in [-0.2, -0.15) is 10.2 Å². The van der Waals surface area contributed by atoms with Crippen molar-refractivity contribution in [3.63, 3.8) is 0 Å². The molecule has 0 amide bonds. The standard InChI is InChI=1S/C5H7BN2/c6-4-5-2-1-3-7-8-5/h1-3H,4,6H2. The average molecular weight is 106 g/mol. The van der Waals surface area contributed by atoms with Crippen LogP contribution in [0.25, 0.3) is 0 Å². The van der Waals surface area contributed by atoms with E-state index in [1.54, 1.807) is 6.20 Å². The second-order valence-corrected chi connectivity index (χ2v) is 1.57. The number of nitrogens with zero attached hydrogens (tertiary/aromatic N) is 2. The van der Waals surface area contributed by atoms with Gasteiger partial charge in [0.1, 0.15) is 7.85 Å². The first-order valence-electron chi connectivity index (χ1n) is 2.70. The summed E-state index contributed by atoms with van der Waals surface area (Å²) in [4.78, 5) is 0. The molecule has 0 saturated carbocycles. The van der Waals surface area contributed by atoms with E-state index in [1.807, 2.05) is 12.1 Å². The van der Waals surface area contributed by atoms with E-state index in [2.05, 4.69) is 18.0 Å². The second kappa shape index (κ2) is 2.45. The minimum atomic E-state index is 0.966.